The van der Waals surface area contributed by atoms with Crippen molar-refractivity contribution in [2.24, 2.45) is 0 Å². The number of amides is 5. The Bertz CT molecular complexity index is 3210. The summed E-state index contributed by atoms with van der Waals surface area (Å²) in [5, 5.41) is 20.8. The Balaban J connectivity index is 0. The molecule has 626 valence electrons. The van der Waals surface area contributed by atoms with Crippen LogP contribution in [0.4, 0.5) is 14.4 Å². The molecule has 2 unspecified atom stereocenters. The molecule has 0 aliphatic carbocycles. The highest BCUT2D eigenvalue weighted by Gasteiger charge is 2.43. The first kappa shape index (κ1) is 108. The lowest BCUT2D eigenvalue weighted by atomic mass is 9.94. The summed E-state index contributed by atoms with van der Waals surface area (Å²) in [6.07, 6.45) is 28.4. The van der Waals surface area contributed by atoms with Crippen LogP contribution in [0.5, 0.6) is 0 Å². The SMILES string of the molecule is C#CCBr.C#CCN(CCO[Si](C)(C)C(C)(C)C)C(=O)OC(C)(C)C.C#CCN([B]C=O)CCO[Si](C)(C)C(C)(C)C.C=CCON1C(=O)N2CC(I)=CC1C2.C=CCON1C(=O)N2CC(n3cc(CN([B]C=O)CCC)nn3)=CC1C2.CC(C)(C)OC(=O)CCCO.CC(C)(C)OC(=O)CCCO[Si](C)(C)C(C)(C)C. The lowest BCUT2D eigenvalue weighted by Crippen LogP contribution is -2.44. The summed E-state index contributed by atoms with van der Waals surface area (Å²) in [5.74, 6) is 6.98. The molecule has 5 heterocycles. The summed E-state index contributed by atoms with van der Waals surface area (Å²) >= 11 is 5.26. The summed E-state index contributed by atoms with van der Waals surface area (Å²) in [6, 6.07) is -0.278. The van der Waals surface area contributed by atoms with Crippen LogP contribution in [-0.2, 0) is 62.9 Å². The highest BCUT2D eigenvalue weighted by atomic mass is 127. The van der Waals surface area contributed by atoms with E-state index in [0.29, 0.717) is 96.8 Å². The number of terminal acetylenes is 3. The Hall–Kier alpha value is -5.46. The molecule has 5 amide bonds. The fraction of sp³-hybridized carbons (Fsp3) is 0.705. The Morgan fingerprint density at radius 3 is 1.47 bits per heavy atom. The van der Waals surface area contributed by atoms with E-state index in [2.05, 4.69) is 194 Å². The van der Waals surface area contributed by atoms with Crippen molar-refractivity contribution in [2.75, 3.05) is 104 Å². The zero-order valence-electron chi connectivity index (χ0n) is 71.9. The number of esters is 2. The number of hydrogen-bond acceptors (Lipinski definition) is 20. The maximum absolute atomic E-state index is 12.3. The van der Waals surface area contributed by atoms with Crippen molar-refractivity contribution in [3.05, 3.63) is 52.9 Å². The molecular weight excluding hydrogens is 1650 g/mol. The second kappa shape index (κ2) is 52.2. The molecule has 1 aromatic rings. The van der Waals surface area contributed by atoms with Gasteiger partial charge in [0.1, 0.15) is 16.8 Å². The second-order valence-electron chi connectivity index (χ2n) is 33.8. The van der Waals surface area contributed by atoms with Crippen molar-refractivity contribution in [3.8, 4) is 37.0 Å². The molecule has 4 bridgehead atoms. The molecule has 1 aromatic heterocycles. The monoisotopic (exact) mass is 1780 g/mol. The van der Waals surface area contributed by atoms with Crippen LogP contribution in [0.2, 0.25) is 54.4 Å². The Morgan fingerprint density at radius 2 is 1.06 bits per heavy atom. The van der Waals surface area contributed by atoms with Gasteiger partial charge < -0.3 is 61.6 Å². The Kier molecular flexibility index (Phi) is 50.6. The Morgan fingerprint density at radius 1 is 0.640 bits per heavy atom. The maximum Gasteiger partial charge on any atom is 0.411 e. The third-order valence-electron chi connectivity index (χ3n) is 17.5. The summed E-state index contributed by atoms with van der Waals surface area (Å²) in [6.45, 7) is 66.9. The predicted molar refractivity (Wildman–Crippen MR) is 466 cm³/mol. The summed E-state index contributed by atoms with van der Waals surface area (Å²) in [4.78, 5) is 99.1. The highest BCUT2D eigenvalue weighted by molar-refractivity contribution is 14.1. The number of rotatable bonds is 33. The topological polar surface area (TPSA) is 267 Å². The number of hydroxylamine groups is 4. The molecule has 26 nitrogen and oxygen atoms in total. The standard InChI is InChI=1S/C16H22BN6O3.C16H31NO3Si.C14H30O3Si.C12H23BNO2Si.C9H11IN2O2.C8H16O3.C3H3Br/c1-3-5-21(17-12-24)8-13-9-22(19-18-13)14-7-15-11-20(10-14)16(25)23(15)26-6-4-2;1-10-11-17(14(18)20-15(2,3)4)12-13-19-21(8,9)16(5,6)7;1-13(2,3)17-12(15)10-9-11-16-18(7,8)14(4,5)6;1-7-8-14(13-11-15)9-10-16-17(5,6)12(2,3)4;1-2-3-14-12-8-4-7(10)5-11(6-8)9(12)13;1-8(2,3)11-7(10)5-4-6-9;1-2-3-4/h4,7,9,12,15H,2-3,5-6,8,10-11H2,1H3;1H,11-13H2,2-9H3;9-11H2,1-8H3;1,11H,8-10H2,2-6H3;2,4,8H,1,3,5-6H2;9H,4-6H2,1-3H3;1H,3H2. The number of urea groups is 2. The summed E-state index contributed by atoms with van der Waals surface area (Å²) in [7, 11) is -2.20. The molecule has 0 aromatic carbocycles. The van der Waals surface area contributed by atoms with Crippen LogP contribution in [0.1, 0.15) is 169 Å². The van der Waals surface area contributed by atoms with Crippen molar-refractivity contribution < 1.29 is 75.8 Å². The van der Waals surface area contributed by atoms with Crippen LogP contribution in [0.25, 0.3) is 5.70 Å². The molecule has 2 radical (unpaired) electrons. The van der Waals surface area contributed by atoms with E-state index in [9.17, 15) is 33.6 Å². The van der Waals surface area contributed by atoms with Crippen molar-refractivity contribution >= 4 is 126 Å². The number of carbonyl (C=O) groups excluding carboxylic acids is 7. The average Bonchev–Trinajstić information content (AvgIpc) is 1.64. The minimum Gasteiger partial charge on any atom is -0.460 e. The van der Waals surface area contributed by atoms with Gasteiger partial charge in [-0.2, -0.15) is 10.1 Å². The van der Waals surface area contributed by atoms with Crippen LogP contribution >= 0.6 is 38.5 Å². The number of nitrogens with zero attached hydrogens (tertiary/aromatic N) is 10. The molecule has 2 saturated heterocycles. The number of hydrogen-bond donors (Lipinski definition) is 1. The van der Waals surface area contributed by atoms with Gasteiger partial charge in [0, 0.05) is 69.0 Å². The normalized spacial score (nSPS) is 15.5. The maximum atomic E-state index is 12.3. The molecule has 111 heavy (non-hydrogen) atoms. The molecule has 0 saturated carbocycles. The van der Waals surface area contributed by atoms with Gasteiger partial charge >= 0.3 is 30.1 Å². The predicted octanol–water partition coefficient (Wildman–Crippen LogP) is 13.8. The van der Waals surface area contributed by atoms with Crippen molar-refractivity contribution in [1.29, 1.82) is 0 Å². The van der Waals surface area contributed by atoms with Crippen LogP contribution in [0.3, 0.4) is 0 Å². The summed E-state index contributed by atoms with van der Waals surface area (Å²) in [5.41, 5.74) is 0.310. The number of ether oxygens (including phenoxy) is 3. The van der Waals surface area contributed by atoms with Crippen molar-refractivity contribution in [3.63, 3.8) is 0 Å². The summed E-state index contributed by atoms with van der Waals surface area (Å²) < 4.78 is 36.6. The van der Waals surface area contributed by atoms with Gasteiger partial charge in [-0.3, -0.25) is 24.2 Å². The zero-order chi connectivity index (χ0) is 86.0. The first-order valence-electron chi connectivity index (χ1n) is 37.6. The van der Waals surface area contributed by atoms with Gasteiger partial charge in [0.2, 0.25) is 0 Å². The van der Waals surface area contributed by atoms with E-state index in [-0.39, 0.29) is 77.1 Å². The molecule has 4 aliphatic heterocycles. The number of fused-ring (bicyclic) bond motifs is 4. The first-order chi connectivity index (χ1) is 51.1. The largest absolute Gasteiger partial charge is 0.460 e. The molecule has 4 aliphatic rings. The van der Waals surface area contributed by atoms with E-state index < -0.39 is 41.8 Å². The quantitative estimate of drug-likeness (QED) is 0.00788. The number of carbonyl (C=O) groups is 7. The fourth-order valence-corrected chi connectivity index (χ4v) is 12.8. The third kappa shape index (κ3) is 45.4. The fourth-order valence-electron chi connectivity index (χ4n) is 8.87. The number of aromatic nitrogens is 3. The first-order valence-corrected chi connectivity index (χ1v) is 48.6. The minimum absolute atomic E-state index is 0.0409. The molecule has 2 atom stereocenters. The lowest BCUT2D eigenvalue weighted by Gasteiger charge is -2.36. The smallest absolute Gasteiger partial charge is 0.411 e. The van der Waals surface area contributed by atoms with Gasteiger partial charge in [0.05, 0.1) is 93.4 Å². The van der Waals surface area contributed by atoms with E-state index in [1.807, 2.05) is 79.4 Å². The van der Waals surface area contributed by atoms with E-state index in [0.717, 1.165) is 49.7 Å². The van der Waals surface area contributed by atoms with Crippen molar-refractivity contribution in [2.45, 2.75) is 253 Å². The van der Waals surface area contributed by atoms with Gasteiger partial charge in [-0.15, -0.1) is 37.5 Å². The van der Waals surface area contributed by atoms with E-state index in [4.69, 9.17) is 61.5 Å². The third-order valence-corrected chi connectivity index (χ3v) is 32.1. The van der Waals surface area contributed by atoms with Gasteiger partial charge in [-0.25, -0.2) is 19.1 Å². The molecular formula is C78H136B2BrIN10O16Si3. The van der Waals surface area contributed by atoms with E-state index >= 15 is 0 Å². The lowest BCUT2D eigenvalue weighted by molar-refractivity contribution is -0.156. The molecule has 5 rings (SSSR count). The van der Waals surface area contributed by atoms with Crippen molar-refractivity contribution in [1.82, 2.24) is 49.4 Å². The van der Waals surface area contributed by atoms with Crippen LogP contribution in [0.15, 0.2) is 47.2 Å². The zero-order valence-corrected chi connectivity index (χ0v) is 78.6. The van der Waals surface area contributed by atoms with Gasteiger partial charge in [-0.1, -0.05) is 120 Å². The van der Waals surface area contributed by atoms with Gasteiger partial charge in [-0.05, 0) is 177 Å². The van der Waals surface area contributed by atoms with Crippen LogP contribution in [0, 0.1) is 37.0 Å². The number of aliphatic hydroxyl groups is 1. The molecule has 2 fully saturated rings. The molecule has 0 spiro atoms. The Labute approximate surface area is 694 Å². The average molecular weight is 1780 g/mol. The van der Waals surface area contributed by atoms with Crippen LogP contribution < -0.4 is 0 Å². The molecule has 33 heteroatoms. The van der Waals surface area contributed by atoms with Crippen LogP contribution in [-0.4, -0.2) is 270 Å². The minimum atomic E-state index is -1.81. The highest BCUT2D eigenvalue weighted by Crippen LogP contribution is 2.39. The molecule has 1 N–H and O–H groups in total. The van der Waals surface area contributed by atoms with Gasteiger partial charge in [0.25, 0.3) is 14.8 Å². The second-order valence-corrected chi connectivity index (χ2v) is 50.2. The van der Waals surface area contributed by atoms with E-state index in [1.165, 1.54) is 33.4 Å². The van der Waals surface area contributed by atoms with E-state index in [1.54, 1.807) is 31.4 Å². The number of aliphatic hydroxyl groups excluding tert-OH is 1. The van der Waals surface area contributed by atoms with Gasteiger partial charge in [0.15, 0.2) is 25.0 Å². The number of halogens is 2. The number of alkyl halides is 1.